The third-order valence-corrected chi connectivity index (χ3v) is 1.76. The Morgan fingerprint density at radius 1 is 1.73 bits per heavy atom. The van der Waals surface area contributed by atoms with Gasteiger partial charge in [-0.3, -0.25) is 4.79 Å². The normalized spacial score (nSPS) is 9.73. The van der Waals surface area contributed by atoms with E-state index >= 15 is 0 Å². The molecule has 0 bridgehead atoms. The topological polar surface area (TPSA) is 30.0 Å². The van der Waals surface area contributed by atoms with Crippen LogP contribution in [0.5, 0.6) is 0 Å². The lowest BCUT2D eigenvalue weighted by Gasteiger charge is -1.99. The van der Waals surface area contributed by atoms with Crippen LogP contribution in [0.2, 0.25) is 5.15 Å². The number of pyridine rings is 1. The summed E-state index contributed by atoms with van der Waals surface area (Å²) in [6.07, 6.45) is 1.36. The second-order valence-corrected chi connectivity index (χ2v) is 2.41. The molecular weight excluding hydrogens is 169 g/mol. The van der Waals surface area contributed by atoms with Gasteiger partial charge in [-0.15, -0.1) is 0 Å². The molecule has 0 saturated heterocycles. The standard InChI is InChI=1S/C7H5ClFNO/c1-4-5(3-11)6(9)2-10-7(4)8/h2-3H,1H3. The average molecular weight is 174 g/mol. The first-order valence-corrected chi connectivity index (χ1v) is 3.30. The molecule has 0 amide bonds. The predicted octanol–water partition coefficient (Wildman–Crippen LogP) is 2.00. The summed E-state index contributed by atoms with van der Waals surface area (Å²) in [4.78, 5) is 13.8. The van der Waals surface area contributed by atoms with Gasteiger partial charge >= 0.3 is 0 Å². The van der Waals surface area contributed by atoms with E-state index in [9.17, 15) is 9.18 Å². The molecule has 4 heteroatoms. The molecule has 0 aromatic carbocycles. The van der Waals surface area contributed by atoms with Crippen LogP contribution in [0.1, 0.15) is 15.9 Å². The molecule has 0 aliphatic heterocycles. The molecular formula is C7H5ClFNO. The minimum atomic E-state index is -0.637. The van der Waals surface area contributed by atoms with Gasteiger partial charge < -0.3 is 0 Å². The zero-order chi connectivity index (χ0) is 8.43. The predicted molar refractivity (Wildman–Crippen MR) is 39.3 cm³/mol. The Labute approximate surface area is 68.0 Å². The van der Waals surface area contributed by atoms with E-state index in [2.05, 4.69) is 4.98 Å². The molecule has 0 aliphatic rings. The molecule has 1 aromatic rings. The van der Waals surface area contributed by atoms with Crippen molar-refractivity contribution >= 4 is 17.9 Å². The lowest BCUT2D eigenvalue weighted by molar-refractivity contribution is 0.111. The van der Waals surface area contributed by atoms with Crippen molar-refractivity contribution in [3.05, 3.63) is 28.3 Å². The van der Waals surface area contributed by atoms with E-state index in [1.165, 1.54) is 0 Å². The molecule has 1 rings (SSSR count). The molecule has 0 spiro atoms. The van der Waals surface area contributed by atoms with Crippen LogP contribution in [-0.2, 0) is 0 Å². The van der Waals surface area contributed by atoms with Gasteiger partial charge in [0, 0.05) is 0 Å². The Balaban J connectivity index is 3.40. The molecule has 11 heavy (non-hydrogen) atoms. The van der Waals surface area contributed by atoms with Crippen LogP contribution >= 0.6 is 11.6 Å². The number of halogens is 2. The number of carbonyl (C=O) groups excluding carboxylic acids is 1. The van der Waals surface area contributed by atoms with Crippen molar-refractivity contribution in [2.75, 3.05) is 0 Å². The maximum absolute atomic E-state index is 12.7. The molecule has 0 unspecified atom stereocenters. The maximum atomic E-state index is 12.7. The van der Waals surface area contributed by atoms with Gasteiger partial charge in [0.1, 0.15) is 5.15 Å². The molecule has 58 valence electrons. The van der Waals surface area contributed by atoms with Crippen molar-refractivity contribution < 1.29 is 9.18 Å². The van der Waals surface area contributed by atoms with Gasteiger partial charge in [-0.25, -0.2) is 9.37 Å². The van der Waals surface area contributed by atoms with Gasteiger partial charge in [0.2, 0.25) is 0 Å². The number of nitrogens with zero attached hydrogens (tertiary/aromatic N) is 1. The Morgan fingerprint density at radius 2 is 2.36 bits per heavy atom. The molecule has 0 atom stereocenters. The fourth-order valence-electron chi connectivity index (χ4n) is 0.715. The molecule has 2 nitrogen and oxygen atoms in total. The molecule has 0 radical (unpaired) electrons. The van der Waals surface area contributed by atoms with Gasteiger partial charge in [0.15, 0.2) is 12.1 Å². The van der Waals surface area contributed by atoms with Crippen LogP contribution in [-0.4, -0.2) is 11.3 Å². The molecule has 1 aromatic heterocycles. The van der Waals surface area contributed by atoms with Crippen LogP contribution < -0.4 is 0 Å². The Kier molecular flexibility index (Phi) is 2.19. The van der Waals surface area contributed by atoms with Crippen LogP contribution in [0, 0.1) is 12.7 Å². The van der Waals surface area contributed by atoms with Crippen molar-refractivity contribution in [2.45, 2.75) is 6.92 Å². The lowest BCUT2D eigenvalue weighted by Crippen LogP contribution is -1.95. The minimum Gasteiger partial charge on any atom is -0.298 e. The second-order valence-electron chi connectivity index (χ2n) is 2.05. The van der Waals surface area contributed by atoms with Crippen molar-refractivity contribution in [3.63, 3.8) is 0 Å². The number of aromatic nitrogens is 1. The van der Waals surface area contributed by atoms with Gasteiger partial charge in [0.05, 0.1) is 11.8 Å². The van der Waals surface area contributed by atoms with E-state index in [4.69, 9.17) is 11.6 Å². The number of rotatable bonds is 1. The van der Waals surface area contributed by atoms with E-state index in [0.29, 0.717) is 11.8 Å². The zero-order valence-electron chi connectivity index (χ0n) is 5.77. The van der Waals surface area contributed by atoms with E-state index in [-0.39, 0.29) is 10.7 Å². The van der Waals surface area contributed by atoms with Gasteiger partial charge in [-0.05, 0) is 12.5 Å². The summed E-state index contributed by atoms with van der Waals surface area (Å²) >= 11 is 5.53. The van der Waals surface area contributed by atoms with Gasteiger partial charge in [-0.1, -0.05) is 11.6 Å². The molecule has 1 heterocycles. The average Bonchev–Trinajstić information content (AvgIpc) is 1.99. The number of carbonyl (C=O) groups is 1. The largest absolute Gasteiger partial charge is 0.298 e. The van der Waals surface area contributed by atoms with Crippen molar-refractivity contribution in [3.8, 4) is 0 Å². The summed E-state index contributed by atoms with van der Waals surface area (Å²) in [6.45, 7) is 1.54. The first kappa shape index (κ1) is 8.14. The van der Waals surface area contributed by atoms with Gasteiger partial charge in [0.25, 0.3) is 0 Å². The first-order chi connectivity index (χ1) is 5.16. The van der Waals surface area contributed by atoms with E-state index in [1.54, 1.807) is 6.92 Å². The Hall–Kier alpha value is -0.960. The van der Waals surface area contributed by atoms with Crippen LogP contribution in [0.3, 0.4) is 0 Å². The third kappa shape index (κ3) is 1.38. The smallest absolute Gasteiger partial charge is 0.153 e. The van der Waals surface area contributed by atoms with Crippen LogP contribution in [0.25, 0.3) is 0 Å². The first-order valence-electron chi connectivity index (χ1n) is 2.92. The Morgan fingerprint density at radius 3 is 2.82 bits per heavy atom. The minimum absolute atomic E-state index is 0.0231. The number of hydrogen-bond donors (Lipinski definition) is 0. The highest BCUT2D eigenvalue weighted by Gasteiger charge is 2.07. The maximum Gasteiger partial charge on any atom is 0.153 e. The summed E-state index contributed by atoms with van der Waals surface area (Å²) in [5.74, 6) is -0.637. The molecule has 0 aliphatic carbocycles. The molecule has 0 N–H and O–H groups in total. The Bertz CT molecular complexity index is 301. The number of hydrogen-bond acceptors (Lipinski definition) is 2. The highest BCUT2D eigenvalue weighted by Crippen LogP contribution is 2.16. The fraction of sp³-hybridized carbons (Fsp3) is 0.143. The van der Waals surface area contributed by atoms with Gasteiger partial charge in [-0.2, -0.15) is 0 Å². The summed E-state index contributed by atoms with van der Waals surface area (Å²) in [7, 11) is 0. The highest BCUT2D eigenvalue weighted by molar-refractivity contribution is 6.30. The zero-order valence-corrected chi connectivity index (χ0v) is 6.52. The molecule has 0 saturated carbocycles. The molecule has 0 fully saturated rings. The fourth-order valence-corrected chi connectivity index (χ4v) is 0.865. The van der Waals surface area contributed by atoms with Crippen LogP contribution in [0.15, 0.2) is 6.20 Å². The SMILES string of the molecule is Cc1c(Cl)ncc(F)c1C=O. The number of aldehydes is 1. The van der Waals surface area contributed by atoms with Crippen molar-refractivity contribution in [1.82, 2.24) is 4.98 Å². The summed E-state index contributed by atoms with van der Waals surface area (Å²) in [6, 6.07) is 0. The van der Waals surface area contributed by atoms with Crippen molar-refractivity contribution in [1.29, 1.82) is 0 Å². The van der Waals surface area contributed by atoms with Crippen molar-refractivity contribution in [2.24, 2.45) is 0 Å². The summed E-state index contributed by atoms with van der Waals surface area (Å²) in [5.41, 5.74) is 0.353. The second kappa shape index (κ2) is 2.96. The third-order valence-electron chi connectivity index (χ3n) is 1.38. The lowest BCUT2D eigenvalue weighted by atomic mass is 10.2. The summed E-state index contributed by atoms with van der Waals surface area (Å²) < 4.78 is 12.7. The van der Waals surface area contributed by atoms with E-state index < -0.39 is 5.82 Å². The quantitative estimate of drug-likeness (QED) is 0.480. The highest BCUT2D eigenvalue weighted by atomic mass is 35.5. The monoisotopic (exact) mass is 173 g/mol. The summed E-state index contributed by atoms with van der Waals surface area (Å²) in [5, 5.41) is 0.161. The van der Waals surface area contributed by atoms with E-state index in [1.807, 2.05) is 0 Å². The van der Waals surface area contributed by atoms with Crippen LogP contribution in [0.4, 0.5) is 4.39 Å². The van der Waals surface area contributed by atoms with E-state index in [0.717, 1.165) is 6.20 Å².